The Kier molecular flexibility index (Phi) is 5.76. The molecule has 2 atom stereocenters. The summed E-state index contributed by atoms with van der Waals surface area (Å²) in [7, 11) is -8.67. The molecule has 0 saturated carbocycles. The minimum absolute atomic E-state index is 0.208. The highest BCUT2D eigenvalue weighted by Crippen LogP contribution is 2.57. The van der Waals surface area contributed by atoms with Crippen LogP contribution < -0.4 is 0 Å². The van der Waals surface area contributed by atoms with Gasteiger partial charge < -0.3 is 9.79 Å². The Morgan fingerprint density at radius 3 is 2.19 bits per heavy atom. The second-order valence-corrected chi connectivity index (χ2v) is 6.55. The first-order valence-electron chi connectivity index (χ1n) is 4.20. The lowest BCUT2D eigenvalue weighted by molar-refractivity contribution is -0.113. The SMILES string of the molecule is CC(=O)/C(C)=C/COP(=O)(O)OP(C)(=O)O. The van der Waals surface area contributed by atoms with E-state index in [4.69, 9.17) is 9.79 Å². The summed E-state index contributed by atoms with van der Waals surface area (Å²) < 4.78 is 30.0. The summed E-state index contributed by atoms with van der Waals surface area (Å²) in [4.78, 5) is 28.4. The van der Waals surface area contributed by atoms with E-state index in [1.54, 1.807) is 0 Å². The molecular formula is C7H14O7P2. The van der Waals surface area contributed by atoms with Crippen LogP contribution in [0.2, 0.25) is 0 Å². The third-order valence-corrected chi connectivity index (χ3v) is 3.95. The quantitative estimate of drug-likeness (QED) is 0.556. The number of allylic oxidation sites excluding steroid dienone is 1. The standard InChI is InChI=1S/C7H14O7P2/c1-6(7(2)8)4-5-13-16(11,12)14-15(3,9)10/h4H,5H2,1-3H3,(H,9,10)(H,11,12)/b6-4+. The number of hydrogen-bond acceptors (Lipinski definition) is 5. The lowest BCUT2D eigenvalue weighted by atomic mass is 10.2. The molecule has 9 heteroatoms. The molecule has 2 N–H and O–H groups in total. The van der Waals surface area contributed by atoms with Gasteiger partial charge in [0.25, 0.3) is 0 Å². The van der Waals surface area contributed by atoms with Gasteiger partial charge in [0.05, 0.1) is 6.61 Å². The number of hydrogen-bond donors (Lipinski definition) is 2. The molecule has 0 saturated heterocycles. The molecule has 0 bridgehead atoms. The monoisotopic (exact) mass is 272 g/mol. The average Bonchev–Trinajstić information content (AvgIpc) is 1.98. The van der Waals surface area contributed by atoms with Gasteiger partial charge in [-0.15, -0.1) is 0 Å². The first-order chi connectivity index (χ1) is 7.03. The van der Waals surface area contributed by atoms with Crippen LogP contribution in [0, 0.1) is 0 Å². The van der Waals surface area contributed by atoms with E-state index in [1.165, 1.54) is 19.9 Å². The van der Waals surface area contributed by atoms with Crippen LogP contribution in [0.15, 0.2) is 11.6 Å². The number of carbonyl (C=O) groups excluding carboxylic acids is 1. The molecule has 0 aromatic heterocycles. The predicted molar refractivity (Wildman–Crippen MR) is 57.0 cm³/mol. The van der Waals surface area contributed by atoms with E-state index in [0.717, 1.165) is 6.66 Å². The van der Waals surface area contributed by atoms with Gasteiger partial charge in [-0.1, -0.05) is 6.08 Å². The van der Waals surface area contributed by atoms with Gasteiger partial charge >= 0.3 is 15.4 Å². The highest BCUT2D eigenvalue weighted by atomic mass is 31.3. The van der Waals surface area contributed by atoms with Crippen molar-refractivity contribution in [1.29, 1.82) is 0 Å². The Bertz CT molecular complexity index is 380. The zero-order chi connectivity index (χ0) is 13.0. The van der Waals surface area contributed by atoms with Crippen molar-refractivity contribution in [2.24, 2.45) is 0 Å². The molecule has 0 aliphatic rings. The molecule has 2 unspecified atom stereocenters. The molecule has 0 aromatic carbocycles. The molecule has 0 aliphatic heterocycles. The molecule has 0 aliphatic carbocycles. The molecule has 16 heavy (non-hydrogen) atoms. The van der Waals surface area contributed by atoms with Crippen LogP contribution in [-0.4, -0.2) is 28.8 Å². The lowest BCUT2D eigenvalue weighted by Crippen LogP contribution is -1.97. The van der Waals surface area contributed by atoms with E-state index in [9.17, 15) is 13.9 Å². The second kappa shape index (κ2) is 5.87. The van der Waals surface area contributed by atoms with Gasteiger partial charge in [0, 0.05) is 6.66 Å². The van der Waals surface area contributed by atoms with Crippen LogP contribution in [0.1, 0.15) is 13.8 Å². The van der Waals surface area contributed by atoms with Crippen LogP contribution in [0.3, 0.4) is 0 Å². The summed E-state index contributed by atoms with van der Waals surface area (Å²) in [5.41, 5.74) is 0.351. The summed E-state index contributed by atoms with van der Waals surface area (Å²) >= 11 is 0. The summed E-state index contributed by atoms with van der Waals surface area (Å²) in [6, 6.07) is 0. The number of phosphoric ester groups is 1. The Balaban J connectivity index is 4.31. The molecule has 0 heterocycles. The Morgan fingerprint density at radius 2 is 1.81 bits per heavy atom. The van der Waals surface area contributed by atoms with E-state index >= 15 is 0 Å². The zero-order valence-corrected chi connectivity index (χ0v) is 10.9. The van der Waals surface area contributed by atoms with E-state index < -0.39 is 15.4 Å². The summed E-state index contributed by atoms with van der Waals surface area (Å²) in [6.07, 6.45) is 1.27. The van der Waals surface area contributed by atoms with E-state index in [-0.39, 0.29) is 12.4 Å². The molecule has 7 nitrogen and oxygen atoms in total. The van der Waals surface area contributed by atoms with Gasteiger partial charge in [-0.3, -0.25) is 13.9 Å². The fraction of sp³-hybridized carbons (Fsp3) is 0.571. The van der Waals surface area contributed by atoms with Crippen molar-refractivity contribution in [2.75, 3.05) is 13.3 Å². The van der Waals surface area contributed by atoms with Crippen molar-refractivity contribution >= 4 is 21.2 Å². The van der Waals surface area contributed by atoms with E-state index in [0.29, 0.717) is 5.57 Å². The lowest BCUT2D eigenvalue weighted by Gasteiger charge is -2.12. The minimum Gasteiger partial charge on any atom is -0.324 e. The molecule has 94 valence electrons. The topological polar surface area (TPSA) is 110 Å². The summed E-state index contributed by atoms with van der Waals surface area (Å²) in [5.74, 6) is -0.208. The zero-order valence-electron chi connectivity index (χ0n) is 9.11. The summed E-state index contributed by atoms with van der Waals surface area (Å²) in [5, 5.41) is 0. The fourth-order valence-corrected chi connectivity index (χ4v) is 2.60. The summed E-state index contributed by atoms with van der Waals surface area (Å²) in [6.45, 7) is 3.23. The number of ketones is 1. The van der Waals surface area contributed by atoms with Gasteiger partial charge in [-0.05, 0) is 19.4 Å². The smallest absolute Gasteiger partial charge is 0.324 e. The van der Waals surface area contributed by atoms with Crippen LogP contribution in [0.4, 0.5) is 0 Å². The van der Waals surface area contributed by atoms with Crippen LogP contribution in [0.5, 0.6) is 0 Å². The maximum atomic E-state index is 11.0. The first-order valence-corrected chi connectivity index (χ1v) is 7.72. The number of phosphoric acid groups is 1. The normalized spacial score (nSPS) is 19.9. The largest absolute Gasteiger partial charge is 0.479 e. The Hall–Kier alpha value is -0.290. The number of carbonyl (C=O) groups is 1. The first kappa shape index (κ1) is 15.7. The van der Waals surface area contributed by atoms with Crippen LogP contribution in [0.25, 0.3) is 0 Å². The van der Waals surface area contributed by atoms with Gasteiger partial charge in [0.15, 0.2) is 5.78 Å². The Morgan fingerprint density at radius 1 is 1.31 bits per heavy atom. The maximum absolute atomic E-state index is 11.0. The van der Waals surface area contributed by atoms with Gasteiger partial charge in [-0.25, -0.2) is 8.88 Å². The van der Waals surface area contributed by atoms with Crippen molar-refractivity contribution in [3.8, 4) is 0 Å². The van der Waals surface area contributed by atoms with Gasteiger partial charge in [0.1, 0.15) is 0 Å². The number of Topliss-reactive ketones (excluding diaryl/α,β-unsaturated/α-hetero) is 1. The number of rotatable bonds is 6. The van der Waals surface area contributed by atoms with Crippen molar-refractivity contribution in [2.45, 2.75) is 13.8 Å². The fourth-order valence-electron chi connectivity index (χ4n) is 0.615. The molecule has 0 spiro atoms. The van der Waals surface area contributed by atoms with Crippen molar-refractivity contribution in [1.82, 2.24) is 0 Å². The predicted octanol–water partition coefficient (Wildman–Crippen LogP) is 1.47. The molecule has 0 amide bonds. The van der Waals surface area contributed by atoms with Gasteiger partial charge in [-0.2, -0.15) is 0 Å². The highest BCUT2D eigenvalue weighted by Gasteiger charge is 2.29. The van der Waals surface area contributed by atoms with Crippen LogP contribution in [-0.2, 0) is 22.8 Å². The van der Waals surface area contributed by atoms with E-state index in [1.807, 2.05) is 0 Å². The Labute approximate surface area is 93.2 Å². The van der Waals surface area contributed by atoms with Gasteiger partial charge in [0.2, 0.25) is 0 Å². The van der Waals surface area contributed by atoms with E-state index in [2.05, 4.69) is 8.83 Å². The van der Waals surface area contributed by atoms with Crippen molar-refractivity contribution < 1.29 is 32.5 Å². The minimum atomic E-state index is -4.57. The van der Waals surface area contributed by atoms with Crippen molar-refractivity contribution in [3.63, 3.8) is 0 Å². The second-order valence-electron chi connectivity index (χ2n) is 3.09. The third kappa shape index (κ3) is 7.93. The third-order valence-electron chi connectivity index (χ3n) is 1.44. The molecule has 0 rings (SSSR count). The molecule has 0 fully saturated rings. The highest BCUT2D eigenvalue weighted by molar-refractivity contribution is 7.63. The van der Waals surface area contributed by atoms with Crippen LogP contribution >= 0.6 is 15.4 Å². The maximum Gasteiger partial charge on any atom is 0.479 e. The van der Waals surface area contributed by atoms with Crippen molar-refractivity contribution in [3.05, 3.63) is 11.6 Å². The molecule has 0 aromatic rings. The average molecular weight is 272 g/mol. The molecule has 0 radical (unpaired) electrons. The molecular weight excluding hydrogens is 258 g/mol.